The van der Waals surface area contributed by atoms with Crippen LogP contribution in [0.2, 0.25) is 0 Å². The zero-order valence-electron chi connectivity index (χ0n) is 33.6. The van der Waals surface area contributed by atoms with Gasteiger partial charge >= 0.3 is 21.1 Å². The molecule has 5 nitrogen and oxygen atoms in total. The molecule has 0 unspecified atom stereocenters. The summed E-state index contributed by atoms with van der Waals surface area (Å²) in [4.78, 5) is 4.94. The predicted octanol–water partition coefficient (Wildman–Crippen LogP) is 13.0. The average molecular weight is 916 g/mol. The van der Waals surface area contributed by atoms with E-state index in [1.807, 2.05) is 47.5 Å². The molecule has 0 aliphatic rings. The Morgan fingerprint density at radius 1 is 0.589 bits per heavy atom. The number of nitrogens with zero attached hydrogens (tertiary/aromatic N) is 4. The molecule has 0 radical (unpaired) electrons. The molecule has 5 aromatic carbocycles. The topological polar surface area (TPSA) is 44.9 Å². The van der Waals surface area contributed by atoms with Crippen LogP contribution in [0.4, 0.5) is 0 Å². The van der Waals surface area contributed by atoms with Crippen LogP contribution >= 0.6 is 0 Å². The summed E-state index contributed by atoms with van der Waals surface area (Å²) in [5.41, 5.74) is 11.3. The Morgan fingerprint density at radius 2 is 1.30 bits per heavy atom. The Bertz CT molecular complexity index is 2680. The van der Waals surface area contributed by atoms with E-state index in [9.17, 15) is 0 Å². The molecule has 0 saturated carbocycles. The summed E-state index contributed by atoms with van der Waals surface area (Å²) in [6.45, 7) is 20.4. The largest absolute Gasteiger partial charge is 2.00 e. The molecule has 8 aromatic rings. The van der Waals surface area contributed by atoms with Crippen molar-refractivity contribution in [3.05, 3.63) is 157 Å². The third-order valence-corrected chi connectivity index (χ3v) is 10.4. The van der Waals surface area contributed by atoms with Crippen molar-refractivity contribution in [2.45, 2.75) is 78.6 Å². The molecule has 0 aliphatic carbocycles. The summed E-state index contributed by atoms with van der Waals surface area (Å²) >= 11 is 0. The minimum atomic E-state index is -0.0424. The van der Waals surface area contributed by atoms with Gasteiger partial charge in [0.15, 0.2) is 0 Å². The minimum Gasteiger partial charge on any atom is -0.509 e. The molecule has 0 fully saturated rings. The molecular formula is C50H48N4OPt. The van der Waals surface area contributed by atoms with Crippen LogP contribution in [0, 0.1) is 12.1 Å². The molecule has 0 N–H and O–H groups in total. The zero-order valence-corrected chi connectivity index (χ0v) is 35.9. The van der Waals surface area contributed by atoms with Crippen molar-refractivity contribution in [3.63, 3.8) is 0 Å². The number of fused-ring (bicyclic) bond motifs is 3. The molecule has 3 aromatic heterocycles. The fourth-order valence-electron chi connectivity index (χ4n) is 7.28. The van der Waals surface area contributed by atoms with Crippen LogP contribution in [0.5, 0.6) is 11.5 Å². The number of hydrogen-bond donors (Lipinski definition) is 0. The molecule has 0 atom stereocenters. The van der Waals surface area contributed by atoms with E-state index < -0.39 is 0 Å². The van der Waals surface area contributed by atoms with Gasteiger partial charge in [0.1, 0.15) is 5.82 Å². The molecule has 3 heterocycles. The second-order valence-electron chi connectivity index (χ2n) is 17.6. The van der Waals surface area contributed by atoms with E-state index in [0.717, 1.165) is 50.0 Å². The van der Waals surface area contributed by atoms with E-state index >= 15 is 0 Å². The molecule has 8 rings (SSSR count). The number of ether oxygens (including phenoxy) is 1. The van der Waals surface area contributed by atoms with E-state index in [0.29, 0.717) is 11.5 Å². The van der Waals surface area contributed by atoms with Crippen molar-refractivity contribution in [1.82, 2.24) is 19.3 Å². The fourth-order valence-corrected chi connectivity index (χ4v) is 7.28. The van der Waals surface area contributed by atoms with E-state index in [1.54, 1.807) is 0 Å². The van der Waals surface area contributed by atoms with Crippen LogP contribution in [0.25, 0.3) is 55.6 Å². The molecule has 0 saturated heterocycles. The van der Waals surface area contributed by atoms with Crippen molar-refractivity contribution >= 4 is 21.8 Å². The number of pyridine rings is 1. The summed E-state index contributed by atoms with van der Waals surface area (Å²) in [6.07, 6.45) is 5.84. The number of para-hydroxylation sites is 1. The summed E-state index contributed by atoms with van der Waals surface area (Å²) in [5, 5.41) is 6.88. The van der Waals surface area contributed by atoms with Gasteiger partial charge in [-0.25, -0.2) is 4.98 Å². The maximum Gasteiger partial charge on any atom is 2.00 e. The molecule has 56 heavy (non-hydrogen) atoms. The van der Waals surface area contributed by atoms with Gasteiger partial charge in [-0.3, -0.25) is 4.68 Å². The quantitative estimate of drug-likeness (QED) is 0.156. The Hall–Kier alpha value is -5.25. The minimum absolute atomic E-state index is 0. The fraction of sp³-hybridized carbons (Fsp3) is 0.240. The molecule has 6 heteroatoms. The van der Waals surface area contributed by atoms with Gasteiger partial charge < -0.3 is 9.30 Å². The van der Waals surface area contributed by atoms with Crippen molar-refractivity contribution in [2.75, 3.05) is 0 Å². The van der Waals surface area contributed by atoms with Crippen molar-refractivity contribution < 1.29 is 25.8 Å². The molecule has 0 bridgehead atoms. The Balaban J connectivity index is 0.00000480. The smallest absolute Gasteiger partial charge is 0.509 e. The third kappa shape index (κ3) is 7.62. The van der Waals surface area contributed by atoms with Crippen LogP contribution < -0.4 is 4.74 Å². The van der Waals surface area contributed by atoms with Gasteiger partial charge in [-0.15, -0.1) is 35.7 Å². The molecule has 0 spiro atoms. The standard InChI is InChI=1S/C50H48N4O.Pt/c1-48(2,3)36-19-17-33(18-20-36)35-31-52-53(32-35)38-13-12-14-39(29-38)55-40-22-24-43-42-15-10-11-16-45(42)54(46(43)30-40)47-27-34(25-26-51-47)41-23-21-37(49(4,5)6)28-44(41)50(7,8)9;/h10-28,31-32H,1-9H3;/q-2;+2. The Labute approximate surface area is 345 Å². The van der Waals surface area contributed by atoms with Gasteiger partial charge in [-0.2, -0.15) is 17.2 Å². The van der Waals surface area contributed by atoms with Crippen LogP contribution in [0.1, 0.15) is 79.0 Å². The Morgan fingerprint density at radius 3 is 2.04 bits per heavy atom. The van der Waals surface area contributed by atoms with Crippen molar-refractivity contribution in [3.8, 4) is 45.3 Å². The van der Waals surface area contributed by atoms with E-state index in [2.05, 4.69) is 169 Å². The molecular weight excluding hydrogens is 868 g/mol. The molecule has 284 valence electrons. The van der Waals surface area contributed by atoms with Gasteiger partial charge in [-0.05, 0) is 78.9 Å². The first kappa shape index (κ1) is 39.0. The first-order valence-corrected chi connectivity index (χ1v) is 19.1. The van der Waals surface area contributed by atoms with Crippen LogP contribution in [0.15, 0.2) is 128 Å². The number of benzene rings is 5. The summed E-state index contributed by atoms with van der Waals surface area (Å²) in [5.74, 6) is 2.00. The van der Waals surface area contributed by atoms with Crippen LogP contribution in [-0.4, -0.2) is 19.3 Å². The summed E-state index contributed by atoms with van der Waals surface area (Å²) in [6, 6.07) is 45.4. The monoisotopic (exact) mass is 915 g/mol. The first-order valence-electron chi connectivity index (χ1n) is 19.1. The van der Waals surface area contributed by atoms with Gasteiger partial charge in [0.2, 0.25) is 0 Å². The van der Waals surface area contributed by atoms with Crippen molar-refractivity contribution in [1.29, 1.82) is 0 Å². The first-order chi connectivity index (χ1) is 26.1. The second kappa shape index (κ2) is 14.7. The van der Waals surface area contributed by atoms with E-state index in [4.69, 9.17) is 9.72 Å². The number of hydrogen-bond acceptors (Lipinski definition) is 3. The molecule has 0 amide bonds. The zero-order chi connectivity index (χ0) is 38.7. The number of aromatic nitrogens is 4. The normalized spacial score (nSPS) is 12.2. The predicted molar refractivity (Wildman–Crippen MR) is 227 cm³/mol. The molecule has 0 aliphatic heterocycles. The Kier molecular flexibility index (Phi) is 10.2. The summed E-state index contributed by atoms with van der Waals surface area (Å²) < 4.78 is 10.5. The van der Waals surface area contributed by atoms with Gasteiger partial charge in [0.25, 0.3) is 0 Å². The van der Waals surface area contributed by atoms with Gasteiger partial charge in [-0.1, -0.05) is 128 Å². The SMILES string of the molecule is CC(C)(C)c1ccc(-c2cnn(-c3[c-]c(Oc4[c-]c5c(cc4)c4ccccc4n5-c4cc(-c5ccc(C(C)(C)C)cc5C(C)(C)C)ccn4)ccc3)c2)cc1.[Pt+2]. The summed E-state index contributed by atoms with van der Waals surface area (Å²) in [7, 11) is 0. The van der Waals surface area contributed by atoms with E-state index in [1.165, 1.54) is 22.3 Å². The maximum atomic E-state index is 6.47. The maximum absolute atomic E-state index is 6.47. The van der Waals surface area contributed by atoms with Gasteiger partial charge in [0.05, 0.1) is 6.20 Å². The van der Waals surface area contributed by atoms with Crippen LogP contribution in [-0.2, 0) is 37.3 Å². The van der Waals surface area contributed by atoms with Gasteiger partial charge in [0, 0.05) is 35.0 Å². The second-order valence-corrected chi connectivity index (χ2v) is 17.6. The average Bonchev–Trinajstić information content (AvgIpc) is 3.77. The number of rotatable bonds is 6. The van der Waals surface area contributed by atoms with Crippen molar-refractivity contribution in [2.24, 2.45) is 0 Å². The third-order valence-electron chi connectivity index (χ3n) is 10.4. The van der Waals surface area contributed by atoms with E-state index in [-0.39, 0.29) is 37.3 Å². The van der Waals surface area contributed by atoms with Crippen LogP contribution in [0.3, 0.4) is 0 Å².